The van der Waals surface area contributed by atoms with Crippen LogP contribution in [0, 0.1) is 12.7 Å². The number of aromatic nitrogens is 3. The third-order valence-corrected chi connectivity index (χ3v) is 5.85. The summed E-state index contributed by atoms with van der Waals surface area (Å²) >= 11 is 0. The van der Waals surface area contributed by atoms with Crippen molar-refractivity contribution in [3.63, 3.8) is 0 Å². The predicted octanol–water partition coefficient (Wildman–Crippen LogP) is 2.56. The first kappa shape index (κ1) is 19.3. The van der Waals surface area contributed by atoms with Crippen molar-refractivity contribution in [2.24, 2.45) is 0 Å². The van der Waals surface area contributed by atoms with Gasteiger partial charge in [0.05, 0.1) is 18.6 Å². The molecule has 0 radical (unpaired) electrons. The predicted molar refractivity (Wildman–Crippen MR) is 116 cm³/mol. The Labute approximate surface area is 175 Å². The van der Waals surface area contributed by atoms with Crippen molar-refractivity contribution in [1.82, 2.24) is 19.9 Å². The zero-order valence-corrected chi connectivity index (χ0v) is 17.3. The molecule has 0 amide bonds. The highest BCUT2D eigenvalue weighted by atomic mass is 19.1. The van der Waals surface area contributed by atoms with E-state index in [4.69, 9.17) is 14.7 Å². The van der Waals surface area contributed by atoms with Gasteiger partial charge in [-0.1, -0.05) is 12.1 Å². The summed E-state index contributed by atoms with van der Waals surface area (Å²) in [5, 5.41) is 1.07. The van der Waals surface area contributed by atoms with Crippen LogP contribution in [-0.2, 0) is 11.3 Å². The van der Waals surface area contributed by atoms with Gasteiger partial charge in [-0.3, -0.25) is 4.90 Å². The molecule has 2 aliphatic heterocycles. The third-order valence-electron chi connectivity index (χ3n) is 5.85. The van der Waals surface area contributed by atoms with E-state index in [1.165, 1.54) is 6.07 Å². The number of piperazine rings is 1. The van der Waals surface area contributed by atoms with Gasteiger partial charge in [0, 0.05) is 51.5 Å². The molecule has 0 unspecified atom stereocenters. The lowest BCUT2D eigenvalue weighted by Gasteiger charge is -2.36. The normalized spacial score (nSPS) is 18.3. The SMILES string of the molecule is Cc1cc2c(N3CCN(Cc4cccc(F)c4)CC3)nc(N3CCOCC3)nc2[nH]1. The van der Waals surface area contributed by atoms with Crippen LogP contribution in [0.4, 0.5) is 16.2 Å². The average Bonchev–Trinajstić information content (AvgIpc) is 3.14. The number of nitrogens with zero attached hydrogens (tertiary/aromatic N) is 5. The van der Waals surface area contributed by atoms with Crippen molar-refractivity contribution in [3.05, 3.63) is 47.4 Å². The topological polar surface area (TPSA) is 60.5 Å². The Kier molecular flexibility index (Phi) is 5.26. The average molecular weight is 410 g/mol. The minimum absolute atomic E-state index is 0.173. The monoisotopic (exact) mass is 410 g/mol. The minimum Gasteiger partial charge on any atom is -0.378 e. The van der Waals surface area contributed by atoms with Crippen molar-refractivity contribution in [1.29, 1.82) is 0 Å². The fourth-order valence-corrected chi connectivity index (χ4v) is 4.27. The number of aryl methyl sites for hydroxylation is 1. The van der Waals surface area contributed by atoms with Crippen molar-refractivity contribution in [2.75, 3.05) is 62.3 Å². The van der Waals surface area contributed by atoms with Gasteiger partial charge in [-0.2, -0.15) is 9.97 Å². The molecular weight excluding hydrogens is 383 g/mol. The number of ether oxygens (including phenoxy) is 1. The number of rotatable bonds is 4. The molecule has 4 heterocycles. The summed E-state index contributed by atoms with van der Waals surface area (Å²) in [6.45, 7) is 9.46. The highest BCUT2D eigenvalue weighted by Crippen LogP contribution is 2.28. The van der Waals surface area contributed by atoms with Gasteiger partial charge in [0.2, 0.25) is 5.95 Å². The van der Waals surface area contributed by atoms with E-state index in [0.29, 0.717) is 13.2 Å². The Balaban J connectivity index is 1.35. The van der Waals surface area contributed by atoms with E-state index >= 15 is 0 Å². The molecule has 158 valence electrons. The first-order valence-corrected chi connectivity index (χ1v) is 10.6. The molecule has 3 aromatic rings. The van der Waals surface area contributed by atoms with Gasteiger partial charge >= 0.3 is 0 Å². The maximum absolute atomic E-state index is 13.5. The minimum atomic E-state index is -0.173. The highest BCUT2D eigenvalue weighted by Gasteiger charge is 2.24. The standard InChI is InChI=1S/C22H27FN6O/c1-16-13-19-20(24-16)25-22(29-9-11-30-12-10-29)26-21(19)28-7-5-27(6-8-28)15-17-3-2-4-18(23)14-17/h2-4,13-14H,5-12,15H2,1H3,(H,24,25,26). The number of aromatic amines is 1. The summed E-state index contributed by atoms with van der Waals surface area (Å²) in [6, 6.07) is 9.01. The molecule has 5 rings (SSSR count). The molecule has 2 aromatic heterocycles. The number of anilines is 2. The maximum atomic E-state index is 13.5. The Morgan fingerprint density at radius 1 is 1.00 bits per heavy atom. The summed E-state index contributed by atoms with van der Waals surface area (Å²) < 4.78 is 19.0. The smallest absolute Gasteiger partial charge is 0.229 e. The summed E-state index contributed by atoms with van der Waals surface area (Å²) in [6.07, 6.45) is 0. The number of H-pyrrole nitrogens is 1. The van der Waals surface area contributed by atoms with E-state index in [-0.39, 0.29) is 5.82 Å². The highest BCUT2D eigenvalue weighted by molar-refractivity contribution is 5.89. The largest absolute Gasteiger partial charge is 0.378 e. The van der Waals surface area contributed by atoms with E-state index in [9.17, 15) is 4.39 Å². The van der Waals surface area contributed by atoms with Crippen LogP contribution in [0.1, 0.15) is 11.3 Å². The molecule has 0 bridgehead atoms. The summed E-state index contributed by atoms with van der Waals surface area (Å²) in [5.74, 6) is 1.59. The molecule has 1 N–H and O–H groups in total. The fourth-order valence-electron chi connectivity index (χ4n) is 4.27. The van der Waals surface area contributed by atoms with Crippen LogP contribution in [0.5, 0.6) is 0 Å². The number of halogens is 1. The van der Waals surface area contributed by atoms with E-state index in [1.54, 1.807) is 12.1 Å². The lowest BCUT2D eigenvalue weighted by atomic mass is 10.2. The number of morpholine rings is 1. The third kappa shape index (κ3) is 3.97. The fraction of sp³-hybridized carbons (Fsp3) is 0.455. The van der Waals surface area contributed by atoms with Crippen molar-refractivity contribution >= 4 is 22.8 Å². The molecule has 2 saturated heterocycles. The second-order valence-corrected chi connectivity index (χ2v) is 8.05. The molecule has 2 fully saturated rings. The molecule has 2 aliphatic rings. The molecule has 30 heavy (non-hydrogen) atoms. The molecule has 7 nitrogen and oxygen atoms in total. The first-order chi connectivity index (χ1) is 14.7. The Morgan fingerprint density at radius 3 is 2.57 bits per heavy atom. The van der Waals surface area contributed by atoms with E-state index in [0.717, 1.165) is 79.9 Å². The number of benzene rings is 1. The zero-order chi connectivity index (χ0) is 20.5. The van der Waals surface area contributed by atoms with Crippen LogP contribution in [0.3, 0.4) is 0 Å². The first-order valence-electron chi connectivity index (χ1n) is 10.6. The molecule has 0 saturated carbocycles. The molecule has 8 heteroatoms. The van der Waals surface area contributed by atoms with Gasteiger partial charge in [0.15, 0.2) is 0 Å². The Morgan fingerprint density at radius 2 is 1.80 bits per heavy atom. The zero-order valence-electron chi connectivity index (χ0n) is 17.3. The summed E-state index contributed by atoms with van der Waals surface area (Å²) in [5.41, 5.74) is 2.99. The quantitative estimate of drug-likeness (QED) is 0.713. The summed E-state index contributed by atoms with van der Waals surface area (Å²) in [7, 11) is 0. The number of hydrogen-bond acceptors (Lipinski definition) is 6. The second kappa shape index (κ2) is 8.20. The van der Waals surface area contributed by atoms with Crippen molar-refractivity contribution in [3.8, 4) is 0 Å². The molecule has 1 aromatic carbocycles. The molecule has 0 atom stereocenters. The molecular formula is C22H27FN6O. The van der Waals surface area contributed by atoms with Crippen LogP contribution < -0.4 is 9.80 Å². The Bertz CT molecular complexity index is 1020. The van der Waals surface area contributed by atoms with Gasteiger partial charge < -0.3 is 19.5 Å². The van der Waals surface area contributed by atoms with E-state index in [1.807, 2.05) is 6.07 Å². The van der Waals surface area contributed by atoms with Gasteiger partial charge in [-0.25, -0.2) is 4.39 Å². The van der Waals surface area contributed by atoms with E-state index < -0.39 is 0 Å². The van der Waals surface area contributed by atoms with Crippen LogP contribution in [0.15, 0.2) is 30.3 Å². The van der Waals surface area contributed by atoms with Gasteiger partial charge in [0.1, 0.15) is 17.3 Å². The molecule has 0 spiro atoms. The van der Waals surface area contributed by atoms with Crippen molar-refractivity contribution < 1.29 is 9.13 Å². The van der Waals surface area contributed by atoms with Crippen LogP contribution >= 0.6 is 0 Å². The van der Waals surface area contributed by atoms with Crippen molar-refractivity contribution in [2.45, 2.75) is 13.5 Å². The number of nitrogens with one attached hydrogen (secondary N) is 1. The Hall–Kier alpha value is -2.71. The van der Waals surface area contributed by atoms with E-state index in [2.05, 4.69) is 32.7 Å². The molecule has 0 aliphatic carbocycles. The van der Waals surface area contributed by atoms with Crippen LogP contribution in [-0.4, -0.2) is 72.3 Å². The summed E-state index contributed by atoms with van der Waals surface area (Å²) in [4.78, 5) is 20.1. The maximum Gasteiger partial charge on any atom is 0.229 e. The van der Waals surface area contributed by atoms with Gasteiger partial charge in [-0.15, -0.1) is 0 Å². The lowest BCUT2D eigenvalue weighted by molar-refractivity contribution is 0.122. The van der Waals surface area contributed by atoms with Crippen LogP contribution in [0.25, 0.3) is 11.0 Å². The second-order valence-electron chi connectivity index (χ2n) is 8.05. The number of fused-ring (bicyclic) bond motifs is 1. The lowest BCUT2D eigenvalue weighted by Crippen LogP contribution is -2.46. The number of hydrogen-bond donors (Lipinski definition) is 1. The van der Waals surface area contributed by atoms with Gasteiger partial charge in [0.25, 0.3) is 0 Å². The van der Waals surface area contributed by atoms with Gasteiger partial charge in [-0.05, 0) is 30.7 Å². The van der Waals surface area contributed by atoms with Crippen LogP contribution in [0.2, 0.25) is 0 Å².